The molecule has 2 atom stereocenters. The molecule has 0 radical (unpaired) electrons. The highest BCUT2D eigenvalue weighted by molar-refractivity contribution is 5.82. The number of aromatic nitrogens is 2. The van der Waals surface area contributed by atoms with Crippen molar-refractivity contribution in [3.05, 3.63) is 36.3 Å². The lowest BCUT2D eigenvalue weighted by Crippen LogP contribution is -2.39. The number of nitrogens with two attached hydrogens (primary N) is 2. The minimum atomic E-state index is -0.143. The van der Waals surface area contributed by atoms with E-state index in [1.165, 1.54) is 0 Å². The monoisotopic (exact) mass is 285 g/mol. The Morgan fingerprint density at radius 3 is 2.90 bits per heavy atom. The number of morpholine rings is 1. The first-order valence-corrected chi connectivity index (χ1v) is 6.98. The third-order valence-corrected chi connectivity index (χ3v) is 3.54. The molecule has 0 saturated carbocycles. The number of hydrogen-bond acceptors (Lipinski definition) is 6. The molecular weight excluding hydrogens is 266 g/mol. The summed E-state index contributed by atoms with van der Waals surface area (Å²) in [6, 6.07) is 7.37. The number of para-hydroxylation sites is 1. The molecule has 0 aliphatic carbocycles. The summed E-state index contributed by atoms with van der Waals surface area (Å²) in [4.78, 5) is 8.92. The van der Waals surface area contributed by atoms with Gasteiger partial charge in [0.2, 0.25) is 0 Å². The largest absolute Gasteiger partial charge is 0.397 e. The Hall–Kier alpha value is -2.18. The zero-order chi connectivity index (χ0) is 14.8. The molecule has 5 N–H and O–H groups in total. The van der Waals surface area contributed by atoms with Crippen LogP contribution in [-0.4, -0.2) is 29.2 Å². The van der Waals surface area contributed by atoms with Gasteiger partial charge in [-0.25, -0.2) is 9.97 Å². The molecule has 3 rings (SSSR count). The van der Waals surface area contributed by atoms with Gasteiger partial charge >= 0.3 is 0 Å². The van der Waals surface area contributed by atoms with Gasteiger partial charge < -0.3 is 21.5 Å². The number of hydrogen-bond donors (Lipinski definition) is 3. The second-order valence-electron chi connectivity index (χ2n) is 5.20. The molecule has 0 amide bonds. The lowest BCUT2D eigenvalue weighted by molar-refractivity contribution is -0.0331. The Kier molecular flexibility index (Phi) is 3.72. The van der Waals surface area contributed by atoms with Gasteiger partial charge in [0.05, 0.1) is 23.2 Å². The predicted molar refractivity (Wildman–Crippen MR) is 82.5 cm³/mol. The zero-order valence-electron chi connectivity index (χ0n) is 11.9. The molecule has 6 nitrogen and oxygen atoms in total. The molecule has 1 saturated heterocycles. The highest BCUT2D eigenvalue weighted by Crippen LogP contribution is 2.29. The molecule has 2 aromatic rings. The molecule has 1 aliphatic heterocycles. The van der Waals surface area contributed by atoms with Crippen LogP contribution in [0.15, 0.2) is 30.5 Å². The minimum Gasteiger partial charge on any atom is -0.397 e. The summed E-state index contributed by atoms with van der Waals surface area (Å²) in [5.74, 6) is 0.661. The average molecular weight is 285 g/mol. The number of benzene rings is 1. The van der Waals surface area contributed by atoms with E-state index in [0.717, 1.165) is 17.8 Å². The standard InChI is InChI=1S/C15H19N5O/c1-9-7-18-8-13(21-9)15-19-6-5-12(20-15)10-3-2-4-11(16)14(10)17/h2-6,9,13,18H,7-8,16-17H2,1H3. The fourth-order valence-corrected chi connectivity index (χ4v) is 2.43. The Morgan fingerprint density at radius 1 is 1.24 bits per heavy atom. The summed E-state index contributed by atoms with van der Waals surface area (Å²) >= 11 is 0. The van der Waals surface area contributed by atoms with Crippen molar-refractivity contribution in [2.24, 2.45) is 0 Å². The Morgan fingerprint density at radius 2 is 2.10 bits per heavy atom. The van der Waals surface area contributed by atoms with Crippen molar-refractivity contribution >= 4 is 11.4 Å². The van der Waals surface area contributed by atoms with Crippen molar-refractivity contribution in [1.29, 1.82) is 0 Å². The molecule has 21 heavy (non-hydrogen) atoms. The van der Waals surface area contributed by atoms with E-state index in [1.54, 1.807) is 12.3 Å². The number of nitrogen functional groups attached to an aromatic ring is 2. The maximum absolute atomic E-state index is 6.04. The molecule has 1 aromatic heterocycles. The maximum Gasteiger partial charge on any atom is 0.159 e. The third-order valence-electron chi connectivity index (χ3n) is 3.54. The van der Waals surface area contributed by atoms with Crippen LogP contribution in [0.25, 0.3) is 11.3 Å². The van der Waals surface area contributed by atoms with Crippen LogP contribution in [0.3, 0.4) is 0 Å². The van der Waals surface area contributed by atoms with E-state index in [1.807, 2.05) is 25.1 Å². The molecule has 110 valence electrons. The third kappa shape index (κ3) is 2.81. The molecule has 6 heteroatoms. The van der Waals surface area contributed by atoms with Gasteiger partial charge in [-0.2, -0.15) is 0 Å². The first-order valence-electron chi connectivity index (χ1n) is 6.98. The fourth-order valence-electron chi connectivity index (χ4n) is 2.43. The van der Waals surface area contributed by atoms with Crippen LogP contribution < -0.4 is 16.8 Å². The molecule has 2 heterocycles. The zero-order valence-corrected chi connectivity index (χ0v) is 11.9. The van der Waals surface area contributed by atoms with Gasteiger partial charge in [-0.3, -0.25) is 0 Å². The molecule has 2 unspecified atom stereocenters. The van der Waals surface area contributed by atoms with Gasteiger partial charge in [0.15, 0.2) is 5.82 Å². The molecule has 0 bridgehead atoms. The summed E-state index contributed by atoms with van der Waals surface area (Å²) in [6.07, 6.45) is 1.73. The van der Waals surface area contributed by atoms with Crippen LogP contribution in [0.1, 0.15) is 18.9 Å². The first-order chi connectivity index (χ1) is 10.1. The van der Waals surface area contributed by atoms with Crippen molar-refractivity contribution in [2.45, 2.75) is 19.1 Å². The van der Waals surface area contributed by atoms with E-state index in [2.05, 4.69) is 15.3 Å². The van der Waals surface area contributed by atoms with Crippen molar-refractivity contribution < 1.29 is 4.74 Å². The van der Waals surface area contributed by atoms with E-state index < -0.39 is 0 Å². The van der Waals surface area contributed by atoms with Gasteiger partial charge in [-0.15, -0.1) is 0 Å². The maximum atomic E-state index is 6.04. The number of nitrogens with zero attached hydrogens (tertiary/aromatic N) is 2. The number of rotatable bonds is 2. The Balaban J connectivity index is 1.94. The number of nitrogens with one attached hydrogen (secondary N) is 1. The fraction of sp³-hybridized carbons (Fsp3) is 0.333. The van der Waals surface area contributed by atoms with Crippen molar-refractivity contribution in [3.63, 3.8) is 0 Å². The van der Waals surface area contributed by atoms with Crippen molar-refractivity contribution in [1.82, 2.24) is 15.3 Å². The summed E-state index contributed by atoms with van der Waals surface area (Å²) in [5, 5.41) is 3.31. The van der Waals surface area contributed by atoms with E-state index in [9.17, 15) is 0 Å². The number of anilines is 2. The van der Waals surface area contributed by atoms with Crippen molar-refractivity contribution in [3.8, 4) is 11.3 Å². The molecular formula is C15H19N5O. The van der Waals surface area contributed by atoms with Gasteiger partial charge in [-0.1, -0.05) is 12.1 Å². The van der Waals surface area contributed by atoms with Gasteiger partial charge in [0.1, 0.15) is 6.10 Å². The second kappa shape index (κ2) is 5.67. The number of ether oxygens (including phenoxy) is 1. The van der Waals surface area contributed by atoms with Crippen LogP contribution in [-0.2, 0) is 4.74 Å². The molecule has 1 aliphatic rings. The summed E-state index contributed by atoms with van der Waals surface area (Å²) in [5.41, 5.74) is 14.6. The first kappa shape index (κ1) is 13.8. The highest BCUT2D eigenvalue weighted by atomic mass is 16.5. The summed E-state index contributed by atoms with van der Waals surface area (Å²) in [7, 11) is 0. The molecule has 1 aromatic carbocycles. The van der Waals surface area contributed by atoms with Gasteiger partial charge in [0.25, 0.3) is 0 Å². The van der Waals surface area contributed by atoms with Crippen LogP contribution in [0.5, 0.6) is 0 Å². The van der Waals surface area contributed by atoms with Crippen LogP contribution in [0.2, 0.25) is 0 Å². The summed E-state index contributed by atoms with van der Waals surface area (Å²) in [6.45, 7) is 3.58. The van der Waals surface area contributed by atoms with Gasteiger partial charge in [0, 0.05) is 24.8 Å². The van der Waals surface area contributed by atoms with E-state index in [0.29, 0.717) is 23.7 Å². The van der Waals surface area contributed by atoms with E-state index in [4.69, 9.17) is 16.2 Å². The molecule has 1 fully saturated rings. The second-order valence-corrected chi connectivity index (χ2v) is 5.20. The smallest absolute Gasteiger partial charge is 0.159 e. The van der Waals surface area contributed by atoms with Crippen LogP contribution in [0.4, 0.5) is 11.4 Å². The Bertz CT molecular complexity index is 646. The lowest BCUT2D eigenvalue weighted by Gasteiger charge is -2.27. The average Bonchev–Trinajstić information content (AvgIpc) is 2.50. The quantitative estimate of drug-likeness (QED) is 0.720. The topological polar surface area (TPSA) is 99.1 Å². The Labute approximate surface area is 123 Å². The lowest BCUT2D eigenvalue weighted by atomic mass is 10.1. The minimum absolute atomic E-state index is 0.143. The highest BCUT2D eigenvalue weighted by Gasteiger charge is 2.23. The van der Waals surface area contributed by atoms with E-state index >= 15 is 0 Å². The van der Waals surface area contributed by atoms with Crippen LogP contribution >= 0.6 is 0 Å². The van der Waals surface area contributed by atoms with Crippen molar-refractivity contribution in [2.75, 3.05) is 24.6 Å². The van der Waals surface area contributed by atoms with E-state index in [-0.39, 0.29) is 12.2 Å². The molecule has 0 spiro atoms. The van der Waals surface area contributed by atoms with Crippen LogP contribution in [0, 0.1) is 0 Å². The summed E-state index contributed by atoms with van der Waals surface area (Å²) < 4.78 is 5.87. The normalized spacial score (nSPS) is 22.1. The predicted octanol–water partition coefficient (Wildman–Crippen LogP) is 1.36. The SMILES string of the molecule is CC1CNCC(c2nccc(-c3cccc(N)c3N)n2)O1. The van der Waals surface area contributed by atoms with Gasteiger partial charge in [-0.05, 0) is 19.1 Å².